The van der Waals surface area contributed by atoms with Gasteiger partial charge in [0.1, 0.15) is 11.6 Å². The van der Waals surface area contributed by atoms with E-state index in [1.807, 2.05) is 67.0 Å². The molecule has 0 radical (unpaired) electrons. The van der Waals surface area contributed by atoms with Crippen LogP contribution in [0.25, 0.3) is 22.3 Å². The Morgan fingerprint density at radius 2 is 1.87 bits per heavy atom. The minimum absolute atomic E-state index is 0.678. The van der Waals surface area contributed by atoms with Crippen molar-refractivity contribution in [3.8, 4) is 28.0 Å². The third-order valence-electron chi connectivity index (χ3n) is 4.89. The number of ether oxygens (including phenoxy) is 1. The van der Waals surface area contributed by atoms with Gasteiger partial charge in [0.05, 0.1) is 7.11 Å². The minimum atomic E-state index is 0.678. The molecule has 0 aliphatic carbocycles. The molecule has 0 spiro atoms. The maximum absolute atomic E-state index is 6.10. The van der Waals surface area contributed by atoms with E-state index < -0.39 is 0 Å². The Balaban J connectivity index is 1.94. The number of anilines is 1. The van der Waals surface area contributed by atoms with Crippen molar-refractivity contribution in [2.45, 2.75) is 26.7 Å². The van der Waals surface area contributed by atoms with Gasteiger partial charge in [-0.1, -0.05) is 53.6 Å². The molecule has 0 bridgehead atoms. The van der Waals surface area contributed by atoms with Crippen LogP contribution in [-0.4, -0.2) is 18.3 Å². The Morgan fingerprint density at radius 3 is 2.60 bits per heavy atom. The van der Waals surface area contributed by atoms with Crippen molar-refractivity contribution in [1.82, 2.24) is 4.98 Å². The van der Waals surface area contributed by atoms with Crippen LogP contribution in [0.1, 0.15) is 26.7 Å². The second-order valence-electron chi connectivity index (χ2n) is 6.92. The topological polar surface area (TPSA) is 46.5 Å². The van der Waals surface area contributed by atoms with Gasteiger partial charge in [0.25, 0.3) is 0 Å². The second kappa shape index (κ2) is 10.6. The average Bonchev–Trinajstić information content (AvgIpc) is 2.79. The first-order chi connectivity index (χ1) is 14.6. The molecule has 4 nitrogen and oxygen atoms in total. The number of benzene rings is 2. The Morgan fingerprint density at radius 1 is 1.10 bits per heavy atom. The summed E-state index contributed by atoms with van der Waals surface area (Å²) in [6.07, 6.45) is 7.73. The summed E-state index contributed by atoms with van der Waals surface area (Å²) >= 11 is 6.10. The summed E-state index contributed by atoms with van der Waals surface area (Å²) in [5, 5.41) is 5.02. The van der Waals surface area contributed by atoms with Crippen LogP contribution in [0.15, 0.2) is 77.5 Å². The zero-order chi connectivity index (χ0) is 21.3. The fourth-order valence-electron chi connectivity index (χ4n) is 3.08. The Labute approximate surface area is 183 Å². The van der Waals surface area contributed by atoms with E-state index in [1.165, 1.54) is 5.57 Å². The number of para-hydroxylation sites is 1. The van der Waals surface area contributed by atoms with Crippen molar-refractivity contribution >= 4 is 23.6 Å². The van der Waals surface area contributed by atoms with Crippen LogP contribution < -0.4 is 10.2 Å². The molecule has 0 saturated carbocycles. The number of hydrogen-bond donors (Lipinski definition) is 1. The summed E-state index contributed by atoms with van der Waals surface area (Å²) in [4.78, 5) is 4.57. The summed E-state index contributed by atoms with van der Waals surface area (Å²) < 4.78 is 5.57. The summed E-state index contributed by atoms with van der Waals surface area (Å²) in [7, 11) is 1.67. The standard InChI is InChI=1S/C25H26ClN3O/c1-4-18(2)8-7-15-28-29-25-16-22(19-11-13-20(26)14-12-19)23(17-27-25)21-9-5-6-10-24(21)30-3/h4-6,9-17H,7-8H2,1-3H3,(H,27,29)/b18-4-,28-15+. The van der Waals surface area contributed by atoms with Crippen LogP contribution in [0.4, 0.5) is 5.82 Å². The Bertz CT molecular complexity index is 1040. The molecule has 0 fully saturated rings. The largest absolute Gasteiger partial charge is 0.496 e. The predicted octanol–water partition coefficient (Wildman–Crippen LogP) is 7.22. The molecule has 30 heavy (non-hydrogen) atoms. The molecular weight excluding hydrogens is 394 g/mol. The number of halogens is 1. The molecule has 1 aromatic heterocycles. The van der Waals surface area contributed by atoms with E-state index >= 15 is 0 Å². The molecule has 0 saturated heterocycles. The van der Waals surface area contributed by atoms with Crippen molar-refractivity contribution in [2.24, 2.45) is 5.10 Å². The minimum Gasteiger partial charge on any atom is -0.496 e. The van der Waals surface area contributed by atoms with Crippen molar-refractivity contribution in [3.63, 3.8) is 0 Å². The van der Waals surface area contributed by atoms with Gasteiger partial charge in [0, 0.05) is 28.6 Å². The van der Waals surface area contributed by atoms with Gasteiger partial charge in [0.2, 0.25) is 0 Å². The number of nitrogens with zero attached hydrogens (tertiary/aromatic N) is 2. The molecule has 3 aromatic rings. The van der Waals surface area contributed by atoms with Crippen LogP contribution in [0.2, 0.25) is 5.02 Å². The lowest BCUT2D eigenvalue weighted by molar-refractivity contribution is 0.416. The number of methoxy groups -OCH3 is 1. The first kappa shape index (κ1) is 21.6. The van der Waals surface area contributed by atoms with Gasteiger partial charge >= 0.3 is 0 Å². The van der Waals surface area contributed by atoms with E-state index in [-0.39, 0.29) is 0 Å². The van der Waals surface area contributed by atoms with Gasteiger partial charge in [-0.25, -0.2) is 4.98 Å². The van der Waals surface area contributed by atoms with Crippen LogP contribution in [0, 0.1) is 0 Å². The molecule has 2 aromatic carbocycles. The molecule has 3 rings (SSSR count). The number of nitrogens with one attached hydrogen (secondary N) is 1. The molecule has 0 atom stereocenters. The SMILES string of the molecule is C/C=C(/C)CC/C=N/Nc1cc(-c2ccc(Cl)cc2)c(-c2ccccc2OC)cn1. The molecule has 0 amide bonds. The van der Waals surface area contributed by atoms with Gasteiger partial charge in [-0.05, 0) is 62.1 Å². The quantitative estimate of drug-likeness (QED) is 0.238. The van der Waals surface area contributed by atoms with Gasteiger partial charge in [-0.15, -0.1) is 0 Å². The number of aromatic nitrogens is 1. The first-order valence-corrected chi connectivity index (χ1v) is 10.3. The number of rotatable bonds is 8. The predicted molar refractivity (Wildman–Crippen MR) is 127 cm³/mol. The van der Waals surface area contributed by atoms with Crippen LogP contribution in [0.3, 0.4) is 0 Å². The highest BCUT2D eigenvalue weighted by Crippen LogP contribution is 2.38. The maximum Gasteiger partial charge on any atom is 0.146 e. The summed E-state index contributed by atoms with van der Waals surface area (Å²) in [6, 6.07) is 17.7. The maximum atomic E-state index is 6.10. The lowest BCUT2D eigenvalue weighted by Crippen LogP contribution is -1.97. The van der Waals surface area contributed by atoms with E-state index in [9.17, 15) is 0 Å². The third-order valence-corrected chi connectivity index (χ3v) is 5.14. The van der Waals surface area contributed by atoms with E-state index in [4.69, 9.17) is 16.3 Å². The molecule has 1 heterocycles. The number of allylic oxidation sites excluding steroid dienone is 2. The second-order valence-corrected chi connectivity index (χ2v) is 7.36. The highest BCUT2D eigenvalue weighted by molar-refractivity contribution is 6.30. The normalized spacial score (nSPS) is 11.7. The smallest absolute Gasteiger partial charge is 0.146 e. The zero-order valence-electron chi connectivity index (χ0n) is 17.5. The highest BCUT2D eigenvalue weighted by atomic mass is 35.5. The molecule has 154 valence electrons. The van der Waals surface area contributed by atoms with Crippen LogP contribution in [-0.2, 0) is 0 Å². The number of pyridine rings is 1. The van der Waals surface area contributed by atoms with Gasteiger partial charge in [-0.2, -0.15) is 5.10 Å². The van der Waals surface area contributed by atoms with E-state index in [0.29, 0.717) is 10.8 Å². The van der Waals surface area contributed by atoms with Gasteiger partial charge in [-0.3, -0.25) is 5.43 Å². The molecule has 0 aliphatic heterocycles. The molecule has 1 N–H and O–H groups in total. The van der Waals surface area contributed by atoms with Crippen LogP contribution >= 0.6 is 11.6 Å². The molecule has 0 unspecified atom stereocenters. The monoisotopic (exact) mass is 419 g/mol. The lowest BCUT2D eigenvalue weighted by atomic mass is 9.96. The number of hydrazone groups is 1. The third kappa shape index (κ3) is 5.49. The highest BCUT2D eigenvalue weighted by Gasteiger charge is 2.13. The van der Waals surface area contributed by atoms with E-state index in [2.05, 4.69) is 35.4 Å². The lowest BCUT2D eigenvalue weighted by Gasteiger charge is -2.14. The van der Waals surface area contributed by atoms with Crippen molar-refractivity contribution < 1.29 is 4.74 Å². The van der Waals surface area contributed by atoms with Crippen molar-refractivity contribution in [2.75, 3.05) is 12.5 Å². The fraction of sp³-hybridized carbons (Fsp3) is 0.200. The van der Waals surface area contributed by atoms with Crippen molar-refractivity contribution in [1.29, 1.82) is 0 Å². The van der Waals surface area contributed by atoms with Gasteiger partial charge < -0.3 is 4.74 Å². The van der Waals surface area contributed by atoms with Crippen molar-refractivity contribution in [3.05, 3.63) is 77.5 Å². The Kier molecular flexibility index (Phi) is 7.63. The summed E-state index contributed by atoms with van der Waals surface area (Å²) in [5.41, 5.74) is 8.42. The van der Waals surface area contributed by atoms with E-state index in [1.54, 1.807) is 7.11 Å². The van der Waals surface area contributed by atoms with Gasteiger partial charge in [0.15, 0.2) is 0 Å². The molecular formula is C25H26ClN3O. The Hall–Kier alpha value is -3.11. The van der Waals surface area contributed by atoms with Crippen LogP contribution in [0.5, 0.6) is 5.75 Å². The molecule has 5 heteroatoms. The first-order valence-electron chi connectivity index (χ1n) is 9.91. The number of hydrogen-bond acceptors (Lipinski definition) is 4. The summed E-state index contributed by atoms with van der Waals surface area (Å²) in [5.74, 6) is 1.48. The zero-order valence-corrected chi connectivity index (χ0v) is 18.3. The molecule has 0 aliphatic rings. The average molecular weight is 420 g/mol. The fourth-order valence-corrected chi connectivity index (χ4v) is 3.21. The summed E-state index contributed by atoms with van der Waals surface area (Å²) in [6.45, 7) is 4.17. The van der Waals surface area contributed by atoms with E-state index in [0.717, 1.165) is 40.8 Å².